The van der Waals surface area contributed by atoms with Gasteiger partial charge in [0.25, 0.3) is 0 Å². The molecule has 0 aromatic heterocycles. The van der Waals surface area contributed by atoms with Crippen molar-refractivity contribution in [1.29, 1.82) is 0 Å². The summed E-state index contributed by atoms with van der Waals surface area (Å²) in [5.41, 5.74) is 0.944. The lowest BCUT2D eigenvalue weighted by Gasteiger charge is -2.20. The molecule has 114 valence electrons. The summed E-state index contributed by atoms with van der Waals surface area (Å²) >= 11 is 0. The van der Waals surface area contributed by atoms with Gasteiger partial charge in [-0.1, -0.05) is 30.3 Å². The number of hydrogen-bond donors (Lipinski definition) is 0. The van der Waals surface area contributed by atoms with Crippen LogP contribution in [0.25, 0.3) is 0 Å². The van der Waals surface area contributed by atoms with Crippen molar-refractivity contribution in [2.24, 2.45) is 5.92 Å². The van der Waals surface area contributed by atoms with Gasteiger partial charge >= 0.3 is 12.1 Å². The fourth-order valence-electron chi connectivity index (χ4n) is 2.52. The summed E-state index contributed by atoms with van der Waals surface area (Å²) in [5, 5.41) is 0. The number of rotatable bonds is 4. The molecule has 0 spiro atoms. The van der Waals surface area contributed by atoms with Gasteiger partial charge in [-0.2, -0.15) is 0 Å². The predicted octanol–water partition coefficient (Wildman–Crippen LogP) is 2.60. The summed E-state index contributed by atoms with van der Waals surface area (Å²) in [7, 11) is 0. The van der Waals surface area contributed by atoms with Crippen LogP contribution in [-0.2, 0) is 20.9 Å². The molecule has 1 heterocycles. The van der Waals surface area contributed by atoms with Crippen molar-refractivity contribution in [2.45, 2.75) is 32.9 Å². The number of carbonyl (C=O) groups is 2. The maximum absolute atomic E-state index is 12.1. The third kappa shape index (κ3) is 3.97. The summed E-state index contributed by atoms with van der Waals surface area (Å²) in [6.07, 6.45) is 0.248. The molecular weight excluding hydrogens is 270 g/mol. The molecule has 5 nitrogen and oxygen atoms in total. The molecule has 0 saturated carbocycles. The maximum Gasteiger partial charge on any atom is 0.410 e. The van der Waals surface area contributed by atoms with Crippen molar-refractivity contribution in [3.05, 3.63) is 35.9 Å². The maximum atomic E-state index is 12.1. The molecular formula is C16H21NO4. The minimum Gasteiger partial charge on any atom is -0.466 e. The molecule has 2 rings (SSSR count). The Morgan fingerprint density at radius 2 is 1.95 bits per heavy atom. The second kappa shape index (κ2) is 7.11. The number of esters is 1. The van der Waals surface area contributed by atoms with E-state index in [-0.39, 0.29) is 30.6 Å². The smallest absolute Gasteiger partial charge is 0.410 e. The molecule has 1 aliphatic heterocycles. The minimum atomic E-state index is -0.377. The topological polar surface area (TPSA) is 55.8 Å². The Kier molecular flexibility index (Phi) is 5.20. The molecule has 2 atom stereocenters. The lowest BCUT2D eigenvalue weighted by Crippen LogP contribution is -2.35. The van der Waals surface area contributed by atoms with Gasteiger partial charge in [0.15, 0.2) is 0 Å². The number of benzene rings is 1. The van der Waals surface area contributed by atoms with Gasteiger partial charge in [-0.05, 0) is 25.8 Å². The second-order valence-electron chi connectivity index (χ2n) is 5.23. The molecule has 0 unspecified atom stereocenters. The zero-order valence-corrected chi connectivity index (χ0v) is 12.5. The molecule has 1 aliphatic rings. The van der Waals surface area contributed by atoms with E-state index in [1.807, 2.05) is 37.3 Å². The van der Waals surface area contributed by atoms with Crippen LogP contribution in [0, 0.1) is 5.92 Å². The van der Waals surface area contributed by atoms with E-state index in [2.05, 4.69) is 0 Å². The van der Waals surface area contributed by atoms with Crippen LogP contribution in [0.2, 0.25) is 0 Å². The lowest BCUT2D eigenvalue weighted by molar-refractivity contribution is -0.147. The molecule has 1 fully saturated rings. The first-order valence-corrected chi connectivity index (χ1v) is 7.25. The monoisotopic (exact) mass is 291 g/mol. The van der Waals surface area contributed by atoms with Crippen LogP contribution in [0.3, 0.4) is 0 Å². The second-order valence-corrected chi connectivity index (χ2v) is 5.23. The fraction of sp³-hybridized carbons (Fsp3) is 0.500. The van der Waals surface area contributed by atoms with Gasteiger partial charge in [0.1, 0.15) is 6.61 Å². The van der Waals surface area contributed by atoms with Crippen molar-refractivity contribution < 1.29 is 19.1 Å². The van der Waals surface area contributed by atoms with Crippen molar-refractivity contribution in [1.82, 2.24) is 4.90 Å². The zero-order chi connectivity index (χ0) is 15.2. The van der Waals surface area contributed by atoms with Gasteiger partial charge in [-0.15, -0.1) is 0 Å². The lowest BCUT2D eigenvalue weighted by atomic mass is 10.1. The number of likely N-dealkylation sites (tertiary alicyclic amines) is 1. The van der Waals surface area contributed by atoms with Crippen molar-refractivity contribution in [2.75, 3.05) is 13.2 Å². The summed E-state index contributed by atoms with van der Waals surface area (Å²) in [6.45, 7) is 4.67. The van der Waals surface area contributed by atoms with Gasteiger partial charge in [-0.3, -0.25) is 4.79 Å². The third-order valence-corrected chi connectivity index (χ3v) is 3.63. The van der Waals surface area contributed by atoms with Crippen LogP contribution in [0.1, 0.15) is 25.8 Å². The first kappa shape index (κ1) is 15.4. The van der Waals surface area contributed by atoms with Gasteiger partial charge in [0.05, 0.1) is 12.5 Å². The Labute approximate surface area is 124 Å². The summed E-state index contributed by atoms with van der Waals surface area (Å²) in [5.74, 6) is -0.480. The van der Waals surface area contributed by atoms with Gasteiger partial charge in [-0.25, -0.2) is 4.79 Å². The number of nitrogens with zero attached hydrogens (tertiary/aromatic N) is 1. The van der Waals surface area contributed by atoms with E-state index in [1.54, 1.807) is 11.8 Å². The molecule has 0 radical (unpaired) electrons. The van der Waals surface area contributed by atoms with E-state index in [4.69, 9.17) is 9.47 Å². The molecule has 0 bridgehead atoms. The van der Waals surface area contributed by atoms with E-state index < -0.39 is 0 Å². The third-order valence-electron chi connectivity index (χ3n) is 3.63. The first-order valence-electron chi connectivity index (χ1n) is 7.25. The Balaban J connectivity index is 1.86. The molecule has 1 amide bonds. The van der Waals surface area contributed by atoms with Crippen molar-refractivity contribution in [3.63, 3.8) is 0 Å². The molecule has 5 heteroatoms. The Hall–Kier alpha value is -2.04. The number of carbonyl (C=O) groups excluding carboxylic acids is 2. The standard InChI is InChI=1S/C16H21NO4/c1-3-20-15(18)14-9-12(2)17(10-14)16(19)21-11-13-7-5-4-6-8-13/h4-8,12,14H,3,9-11H2,1-2H3/t12-,14-/m1/s1. The highest BCUT2D eigenvalue weighted by Crippen LogP contribution is 2.25. The highest BCUT2D eigenvalue weighted by molar-refractivity contribution is 5.76. The number of ether oxygens (including phenoxy) is 2. The number of hydrogen-bond acceptors (Lipinski definition) is 4. The van der Waals surface area contributed by atoms with Gasteiger partial charge in [0.2, 0.25) is 0 Å². The highest BCUT2D eigenvalue weighted by Gasteiger charge is 2.37. The minimum absolute atomic E-state index is 0.0114. The van der Waals surface area contributed by atoms with Crippen LogP contribution in [0.15, 0.2) is 30.3 Å². The average molecular weight is 291 g/mol. The number of amides is 1. The van der Waals surface area contributed by atoms with Crippen molar-refractivity contribution in [3.8, 4) is 0 Å². The van der Waals surface area contributed by atoms with Gasteiger partial charge < -0.3 is 14.4 Å². The summed E-state index contributed by atoms with van der Waals surface area (Å²) < 4.78 is 10.3. The van der Waals surface area contributed by atoms with Crippen LogP contribution >= 0.6 is 0 Å². The Morgan fingerprint density at radius 1 is 1.24 bits per heavy atom. The molecule has 1 aromatic carbocycles. The fourth-order valence-corrected chi connectivity index (χ4v) is 2.52. The summed E-state index contributed by atoms with van der Waals surface area (Å²) in [4.78, 5) is 25.4. The van der Waals surface area contributed by atoms with Crippen LogP contribution in [-0.4, -0.2) is 36.2 Å². The van der Waals surface area contributed by atoms with E-state index in [9.17, 15) is 9.59 Å². The SMILES string of the molecule is CCOC(=O)[C@@H]1C[C@@H](C)N(C(=O)OCc2ccccc2)C1. The molecule has 21 heavy (non-hydrogen) atoms. The van der Waals surface area contributed by atoms with E-state index in [1.165, 1.54) is 0 Å². The van der Waals surface area contributed by atoms with E-state index in [0.717, 1.165) is 5.56 Å². The Bertz CT molecular complexity index is 488. The first-order chi connectivity index (χ1) is 10.1. The highest BCUT2D eigenvalue weighted by atomic mass is 16.6. The van der Waals surface area contributed by atoms with Crippen molar-refractivity contribution >= 4 is 12.1 Å². The normalized spacial score (nSPS) is 21.1. The van der Waals surface area contributed by atoms with Crippen LogP contribution < -0.4 is 0 Å². The molecule has 0 aliphatic carbocycles. The summed E-state index contributed by atoms with van der Waals surface area (Å²) in [6, 6.07) is 9.52. The van der Waals surface area contributed by atoms with Crippen LogP contribution in [0.5, 0.6) is 0 Å². The van der Waals surface area contributed by atoms with Gasteiger partial charge in [0, 0.05) is 12.6 Å². The largest absolute Gasteiger partial charge is 0.466 e. The molecule has 1 saturated heterocycles. The van der Waals surface area contributed by atoms with E-state index >= 15 is 0 Å². The zero-order valence-electron chi connectivity index (χ0n) is 12.5. The molecule has 0 N–H and O–H groups in total. The average Bonchev–Trinajstić information content (AvgIpc) is 2.88. The van der Waals surface area contributed by atoms with E-state index in [0.29, 0.717) is 19.6 Å². The predicted molar refractivity (Wildman–Crippen MR) is 77.5 cm³/mol. The molecule has 1 aromatic rings. The Morgan fingerprint density at radius 3 is 2.62 bits per heavy atom. The van der Waals surface area contributed by atoms with Crippen LogP contribution in [0.4, 0.5) is 4.79 Å². The quantitative estimate of drug-likeness (QED) is 0.800.